The Labute approximate surface area is 216 Å². The zero-order valence-corrected chi connectivity index (χ0v) is 20.9. The minimum absolute atomic E-state index is 0.0510. The number of carbonyl (C=O) groups excluding carboxylic acids is 1. The number of aryl methyl sites for hydroxylation is 1. The Morgan fingerprint density at radius 1 is 1.11 bits per heavy atom. The molecule has 4 heterocycles. The van der Waals surface area contributed by atoms with Crippen molar-refractivity contribution in [1.82, 2.24) is 29.1 Å². The Kier molecular flexibility index (Phi) is 6.41. The van der Waals surface area contributed by atoms with Crippen LogP contribution in [0.1, 0.15) is 41.1 Å². The molecule has 11 heteroatoms. The van der Waals surface area contributed by atoms with Crippen LogP contribution in [0.5, 0.6) is 0 Å². The first-order valence-electron chi connectivity index (χ1n) is 11.9. The highest BCUT2D eigenvalue weighted by atomic mass is 19.1. The summed E-state index contributed by atoms with van der Waals surface area (Å²) in [5.74, 6) is -1.28. The first kappa shape index (κ1) is 24.8. The Hall–Kier alpha value is -4.93. The lowest BCUT2D eigenvalue weighted by molar-refractivity contribution is 0.0594. The molecule has 0 spiro atoms. The maximum atomic E-state index is 13.7. The first-order valence-corrected chi connectivity index (χ1v) is 11.9. The molecule has 38 heavy (non-hydrogen) atoms. The van der Waals surface area contributed by atoms with E-state index in [1.54, 1.807) is 25.1 Å². The van der Waals surface area contributed by atoms with Gasteiger partial charge in [0.2, 0.25) is 11.9 Å². The zero-order chi connectivity index (χ0) is 27.0. The van der Waals surface area contributed by atoms with Crippen molar-refractivity contribution in [2.45, 2.75) is 26.3 Å². The summed E-state index contributed by atoms with van der Waals surface area (Å²) in [6.45, 7) is 3.64. The van der Waals surface area contributed by atoms with Gasteiger partial charge in [0.25, 0.3) is 0 Å². The summed E-state index contributed by atoms with van der Waals surface area (Å²) in [6, 6.07) is 14.9. The van der Waals surface area contributed by atoms with Crippen molar-refractivity contribution in [3.8, 4) is 22.4 Å². The number of benzene rings is 1. The summed E-state index contributed by atoms with van der Waals surface area (Å²) in [7, 11) is 1.28. The van der Waals surface area contributed by atoms with E-state index in [1.165, 1.54) is 28.5 Å². The van der Waals surface area contributed by atoms with Crippen molar-refractivity contribution < 1.29 is 13.9 Å². The van der Waals surface area contributed by atoms with Gasteiger partial charge in [-0.05, 0) is 42.7 Å². The number of hydrogen-bond donors (Lipinski definition) is 1. The summed E-state index contributed by atoms with van der Waals surface area (Å²) in [4.78, 5) is 38.7. The monoisotopic (exact) mass is 513 g/mol. The van der Waals surface area contributed by atoms with E-state index in [2.05, 4.69) is 15.0 Å². The van der Waals surface area contributed by atoms with E-state index in [0.717, 1.165) is 5.56 Å². The number of nitrogens with zero attached hydrogens (tertiary/aromatic N) is 6. The van der Waals surface area contributed by atoms with E-state index < -0.39 is 23.6 Å². The molecule has 1 aromatic carbocycles. The van der Waals surface area contributed by atoms with Crippen molar-refractivity contribution in [1.29, 1.82) is 0 Å². The van der Waals surface area contributed by atoms with Crippen molar-refractivity contribution in [3.63, 3.8) is 0 Å². The molecular formula is C27H24FN7O3. The molecule has 2 N–H and O–H groups in total. The minimum Gasteiger partial charge on any atom is -0.464 e. The number of esters is 1. The number of rotatable bonds is 6. The van der Waals surface area contributed by atoms with Gasteiger partial charge in [0.1, 0.15) is 5.69 Å². The molecule has 5 aromatic rings. The second-order valence-corrected chi connectivity index (χ2v) is 8.66. The molecule has 0 saturated carbocycles. The van der Waals surface area contributed by atoms with E-state index in [-0.39, 0.29) is 17.3 Å². The van der Waals surface area contributed by atoms with E-state index in [1.807, 2.05) is 37.3 Å². The van der Waals surface area contributed by atoms with Gasteiger partial charge in [-0.1, -0.05) is 43.3 Å². The lowest BCUT2D eigenvalue weighted by atomic mass is 9.99. The Bertz CT molecular complexity index is 1710. The molecule has 4 aromatic heterocycles. The third-order valence-electron chi connectivity index (χ3n) is 6.22. The number of halogens is 1. The summed E-state index contributed by atoms with van der Waals surface area (Å²) >= 11 is 0. The van der Waals surface area contributed by atoms with Crippen LogP contribution in [-0.2, 0) is 4.74 Å². The van der Waals surface area contributed by atoms with Crippen LogP contribution in [0, 0.1) is 12.9 Å². The van der Waals surface area contributed by atoms with Crippen molar-refractivity contribution >= 4 is 17.6 Å². The highest BCUT2D eigenvalue weighted by Crippen LogP contribution is 2.35. The summed E-state index contributed by atoms with van der Waals surface area (Å²) in [5.41, 5.74) is 9.60. The normalized spacial score (nSPS) is 12.0. The van der Waals surface area contributed by atoms with Crippen LogP contribution >= 0.6 is 0 Å². The average molecular weight is 514 g/mol. The number of ether oxygens (including phenoxy) is 1. The summed E-state index contributed by atoms with van der Waals surface area (Å²) < 4.78 is 20.9. The van der Waals surface area contributed by atoms with Gasteiger partial charge in [-0.2, -0.15) is 4.39 Å². The van der Waals surface area contributed by atoms with Crippen LogP contribution in [0.4, 0.5) is 10.3 Å². The topological polar surface area (TPSA) is 130 Å². The highest BCUT2D eigenvalue weighted by Gasteiger charge is 2.26. The first-order chi connectivity index (χ1) is 18.3. The molecule has 0 radical (unpaired) electrons. The smallest absolute Gasteiger partial charge is 0.356 e. The number of anilines is 1. The number of carbonyl (C=O) groups is 1. The number of pyridine rings is 2. The van der Waals surface area contributed by atoms with Crippen LogP contribution in [0.15, 0.2) is 65.6 Å². The molecule has 0 fully saturated rings. The molecule has 0 amide bonds. The fourth-order valence-electron chi connectivity index (χ4n) is 4.51. The molecular weight excluding hydrogens is 489 g/mol. The van der Waals surface area contributed by atoms with Gasteiger partial charge in [-0.15, -0.1) is 5.10 Å². The zero-order valence-electron chi connectivity index (χ0n) is 20.9. The van der Waals surface area contributed by atoms with E-state index >= 15 is 0 Å². The van der Waals surface area contributed by atoms with Gasteiger partial charge in [-0.25, -0.2) is 33.6 Å². The molecule has 0 bridgehead atoms. The molecule has 0 aliphatic carbocycles. The maximum Gasteiger partial charge on any atom is 0.356 e. The van der Waals surface area contributed by atoms with Crippen LogP contribution in [0.25, 0.3) is 28.0 Å². The molecule has 192 valence electrons. The maximum absolute atomic E-state index is 13.7. The van der Waals surface area contributed by atoms with E-state index in [0.29, 0.717) is 34.5 Å². The van der Waals surface area contributed by atoms with Gasteiger partial charge >= 0.3 is 11.7 Å². The summed E-state index contributed by atoms with van der Waals surface area (Å²) in [5, 5.41) is 4.72. The van der Waals surface area contributed by atoms with Gasteiger partial charge < -0.3 is 10.5 Å². The quantitative estimate of drug-likeness (QED) is 0.268. The molecule has 0 aliphatic heterocycles. The van der Waals surface area contributed by atoms with Gasteiger partial charge in [-0.3, -0.25) is 0 Å². The molecule has 1 unspecified atom stereocenters. The standard InChI is InChI=1S/C27H24FN7O3/c1-4-20(17-10-11-21(28)30-14-17)35-27(37)34-24(33-35)22(18-12-15(2)31-19(13-18)25(36)38-3)23(32-26(34)29)16-8-6-5-7-9-16/h5-14,20H,4H2,1-3H3,(H2,29,32). The average Bonchev–Trinajstić information content (AvgIpc) is 3.26. The van der Waals surface area contributed by atoms with E-state index in [4.69, 9.17) is 15.6 Å². The minimum atomic E-state index is -0.622. The van der Waals surface area contributed by atoms with E-state index in [9.17, 15) is 14.0 Å². The Morgan fingerprint density at radius 3 is 2.53 bits per heavy atom. The predicted octanol–water partition coefficient (Wildman–Crippen LogP) is 3.83. The van der Waals surface area contributed by atoms with Crippen molar-refractivity contribution in [3.05, 3.63) is 94.2 Å². The van der Waals surface area contributed by atoms with Crippen LogP contribution in [-0.4, -0.2) is 42.2 Å². The molecule has 1 atom stereocenters. The van der Waals surface area contributed by atoms with Crippen LogP contribution < -0.4 is 11.4 Å². The summed E-state index contributed by atoms with van der Waals surface area (Å²) in [6.07, 6.45) is 1.86. The second-order valence-electron chi connectivity index (χ2n) is 8.66. The van der Waals surface area contributed by atoms with Gasteiger partial charge in [0.05, 0.1) is 24.4 Å². The second kappa shape index (κ2) is 9.85. The molecule has 5 rings (SSSR count). The fourth-order valence-corrected chi connectivity index (χ4v) is 4.51. The number of aromatic nitrogens is 6. The van der Waals surface area contributed by atoms with Crippen LogP contribution in [0.3, 0.4) is 0 Å². The molecule has 0 saturated heterocycles. The number of methoxy groups -OCH3 is 1. The largest absolute Gasteiger partial charge is 0.464 e. The third-order valence-corrected chi connectivity index (χ3v) is 6.22. The fraction of sp³-hybridized carbons (Fsp3) is 0.185. The number of fused-ring (bicyclic) bond motifs is 1. The molecule has 0 aliphatic rings. The van der Waals surface area contributed by atoms with Crippen molar-refractivity contribution in [2.24, 2.45) is 0 Å². The van der Waals surface area contributed by atoms with Gasteiger partial charge in [0.15, 0.2) is 5.65 Å². The lowest BCUT2D eigenvalue weighted by Gasteiger charge is -2.14. The number of nitrogen functional groups attached to an aromatic ring is 1. The highest BCUT2D eigenvalue weighted by molar-refractivity contribution is 5.94. The lowest BCUT2D eigenvalue weighted by Crippen LogP contribution is -2.27. The number of nitrogens with two attached hydrogens (primary N) is 1. The van der Waals surface area contributed by atoms with Crippen LogP contribution in [0.2, 0.25) is 0 Å². The predicted molar refractivity (Wildman–Crippen MR) is 139 cm³/mol. The third kappa shape index (κ3) is 4.27. The SMILES string of the molecule is CCC(c1ccc(F)nc1)n1nc2c(-c3cc(C)nc(C(=O)OC)c3)c(-c3ccccc3)nc(N)n2c1=O. The van der Waals surface area contributed by atoms with Gasteiger partial charge in [0, 0.05) is 17.5 Å². The number of hydrogen-bond acceptors (Lipinski definition) is 8. The molecule has 10 nitrogen and oxygen atoms in total. The Morgan fingerprint density at radius 2 is 1.87 bits per heavy atom. The Balaban J connectivity index is 1.85. The van der Waals surface area contributed by atoms with Crippen molar-refractivity contribution in [2.75, 3.05) is 12.8 Å².